The highest BCUT2D eigenvalue weighted by atomic mass is 35.5. The second-order valence-corrected chi connectivity index (χ2v) is 6.39. The van der Waals surface area contributed by atoms with Gasteiger partial charge in [-0.15, -0.1) is 0 Å². The second kappa shape index (κ2) is 8.22. The lowest BCUT2D eigenvalue weighted by atomic mass is 10.2. The summed E-state index contributed by atoms with van der Waals surface area (Å²) in [5.74, 6) is -2.18. The van der Waals surface area contributed by atoms with E-state index in [1.165, 1.54) is 36.4 Å². The molecule has 11 heteroatoms. The smallest absolute Gasteiger partial charge is 0.313 e. The largest absolute Gasteiger partial charge is 0.434 e. The van der Waals surface area contributed by atoms with Crippen LogP contribution >= 0.6 is 23.2 Å². The molecule has 0 N–H and O–H groups in total. The van der Waals surface area contributed by atoms with Gasteiger partial charge in [0.25, 0.3) is 0 Å². The van der Waals surface area contributed by atoms with Gasteiger partial charge >= 0.3 is 12.1 Å². The summed E-state index contributed by atoms with van der Waals surface area (Å²) in [5.41, 5.74) is -2.38. The van der Waals surface area contributed by atoms with E-state index in [1.54, 1.807) is 0 Å². The van der Waals surface area contributed by atoms with Gasteiger partial charge in [-0.1, -0.05) is 34.4 Å². The molecule has 0 aliphatic carbocycles. The van der Waals surface area contributed by atoms with Crippen molar-refractivity contribution in [2.24, 2.45) is 5.16 Å². The lowest BCUT2D eigenvalue weighted by molar-refractivity contribution is -0.143. The van der Waals surface area contributed by atoms with E-state index in [2.05, 4.69) is 15.1 Å². The lowest BCUT2D eigenvalue weighted by Gasteiger charge is -2.11. The van der Waals surface area contributed by atoms with E-state index in [-0.39, 0.29) is 16.3 Å². The molecule has 1 aromatic heterocycles. The molecule has 0 aliphatic heterocycles. The molecular formula is C18H9Cl2F4N3O2. The summed E-state index contributed by atoms with van der Waals surface area (Å²) in [4.78, 5) is 16.6. The van der Waals surface area contributed by atoms with Gasteiger partial charge in [0.2, 0.25) is 0 Å². The highest BCUT2D eigenvalue weighted by Gasteiger charge is 2.41. The Bertz CT molecular complexity index is 1060. The van der Waals surface area contributed by atoms with Gasteiger partial charge in [-0.05, 0) is 36.4 Å². The van der Waals surface area contributed by atoms with Crippen molar-refractivity contribution in [1.29, 1.82) is 0 Å². The summed E-state index contributed by atoms with van der Waals surface area (Å²) in [6.45, 7) is 0. The number of aromatic nitrogens is 2. The SMILES string of the molecule is O=C(O/N=C\c1c(F)cccc1Cl)c1cnn(-c2ccc(Cl)cc2)c1C(F)(F)F. The van der Waals surface area contributed by atoms with Crippen molar-refractivity contribution in [3.8, 4) is 5.69 Å². The van der Waals surface area contributed by atoms with Gasteiger partial charge in [-0.3, -0.25) is 0 Å². The van der Waals surface area contributed by atoms with Crippen LogP contribution in [0, 0.1) is 5.82 Å². The molecule has 0 fully saturated rings. The van der Waals surface area contributed by atoms with Crippen LogP contribution in [0.4, 0.5) is 17.6 Å². The Kier molecular flexibility index (Phi) is 5.90. The molecule has 0 atom stereocenters. The molecule has 0 unspecified atom stereocenters. The molecule has 0 saturated heterocycles. The Balaban J connectivity index is 1.91. The molecule has 0 aliphatic rings. The van der Waals surface area contributed by atoms with Crippen molar-refractivity contribution < 1.29 is 27.2 Å². The number of carbonyl (C=O) groups is 1. The minimum absolute atomic E-state index is 0.0173. The first-order valence-corrected chi connectivity index (χ1v) is 8.54. The fourth-order valence-electron chi connectivity index (χ4n) is 2.36. The minimum Gasteiger partial charge on any atom is -0.313 e. The average Bonchev–Trinajstić information content (AvgIpc) is 3.10. The molecular weight excluding hydrogens is 437 g/mol. The molecule has 150 valence electrons. The molecule has 1 heterocycles. The average molecular weight is 446 g/mol. The first kappa shape index (κ1) is 20.8. The van der Waals surface area contributed by atoms with E-state index in [9.17, 15) is 22.4 Å². The molecule has 2 aromatic carbocycles. The van der Waals surface area contributed by atoms with Crippen LogP contribution in [-0.4, -0.2) is 22.0 Å². The number of rotatable bonds is 4. The highest BCUT2D eigenvalue weighted by molar-refractivity contribution is 6.33. The second-order valence-electron chi connectivity index (χ2n) is 5.54. The van der Waals surface area contributed by atoms with Crippen molar-refractivity contribution in [1.82, 2.24) is 9.78 Å². The van der Waals surface area contributed by atoms with Crippen LogP contribution in [0.5, 0.6) is 0 Å². The molecule has 0 bridgehead atoms. The fraction of sp³-hybridized carbons (Fsp3) is 0.0556. The third kappa shape index (κ3) is 4.57. The quantitative estimate of drug-likeness (QED) is 0.229. The van der Waals surface area contributed by atoms with Crippen LogP contribution < -0.4 is 0 Å². The zero-order chi connectivity index (χ0) is 21.2. The molecule has 0 saturated carbocycles. The summed E-state index contributed by atoms with van der Waals surface area (Å²) < 4.78 is 54.9. The summed E-state index contributed by atoms with van der Waals surface area (Å²) in [6, 6.07) is 9.16. The topological polar surface area (TPSA) is 56.5 Å². The van der Waals surface area contributed by atoms with Gasteiger partial charge in [0, 0.05) is 5.02 Å². The number of benzene rings is 2. The zero-order valence-corrected chi connectivity index (χ0v) is 15.6. The van der Waals surface area contributed by atoms with E-state index in [0.29, 0.717) is 15.9 Å². The maximum atomic E-state index is 13.6. The molecule has 5 nitrogen and oxygen atoms in total. The van der Waals surface area contributed by atoms with E-state index >= 15 is 0 Å². The maximum Gasteiger partial charge on any atom is 0.434 e. The van der Waals surface area contributed by atoms with Gasteiger partial charge in [0.05, 0.1) is 28.7 Å². The van der Waals surface area contributed by atoms with Crippen molar-refractivity contribution in [2.45, 2.75) is 6.18 Å². The number of carbonyl (C=O) groups excluding carboxylic acids is 1. The van der Waals surface area contributed by atoms with Crippen LogP contribution in [0.15, 0.2) is 53.8 Å². The fourth-order valence-corrected chi connectivity index (χ4v) is 2.70. The maximum absolute atomic E-state index is 13.6. The van der Waals surface area contributed by atoms with Crippen LogP contribution in [0.2, 0.25) is 10.0 Å². The zero-order valence-electron chi connectivity index (χ0n) is 14.1. The van der Waals surface area contributed by atoms with E-state index in [4.69, 9.17) is 23.2 Å². The first-order valence-electron chi connectivity index (χ1n) is 7.78. The van der Waals surface area contributed by atoms with E-state index in [0.717, 1.165) is 12.3 Å². The number of alkyl halides is 3. The molecule has 3 aromatic rings. The van der Waals surface area contributed by atoms with Crippen molar-refractivity contribution in [3.63, 3.8) is 0 Å². The Morgan fingerprint density at radius 3 is 2.45 bits per heavy atom. The number of oxime groups is 1. The Morgan fingerprint density at radius 1 is 1.14 bits per heavy atom. The number of hydrogen-bond acceptors (Lipinski definition) is 4. The van der Waals surface area contributed by atoms with Gasteiger partial charge in [-0.2, -0.15) is 18.3 Å². The van der Waals surface area contributed by atoms with Crippen molar-refractivity contribution in [2.75, 3.05) is 0 Å². The van der Waals surface area contributed by atoms with Crippen LogP contribution in [-0.2, 0) is 11.0 Å². The van der Waals surface area contributed by atoms with E-state index in [1.807, 2.05) is 0 Å². The number of halogens is 6. The van der Waals surface area contributed by atoms with Crippen LogP contribution in [0.3, 0.4) is 0 Å². The normalized spacial score (nSPS) is 11.8. The standard InChI is InChI=1S/C18H9Cl2F4N3O2/c19-10-4-6-11(7-5-10)27-16(18(22,23)24)13(8-25-27)17(28)29-26-9-12-14(20)2-1-3-15(12)21/h1-9H/b26-9-. The van der Waals surface area contributed by atoms with Crippen molar-refractivity contribution in [3.05, 3.63) is 81.3 Å². The number of nitrogens with zero attached hydrogens (tertiary/aromatic N) is 3. The summed E-state index contributed by atoms with van der Waals surface area (Å²) >= 11 is 11.5. The third-order valence-corrected chi connectivity index (χ3v) is 4.23. The van der Waals surface area contributed by atoms with Crippen LogP contribution in [0.1, 0.15) is 21.6 Å². The van der Waals surface area contributed by atoms with Gasteiger partial charge in [0.15, 0.2) is 5.69 Å². The number of hydrogen-bond donors (Lipinski definition) is 0. The first-order chi connectivity index (χ1) is 13.7. The molecule has 29 heavy (non-hydrogen) atoms. The molecule has 0 amide bonds. The Morgan fingerprint density at radius 2 is 1.83 bits per heavy atom. The van der Waals surface area contributed by atoms with Gasteiger partial charge in [-0.25, -0.2) is 13.9 Å². The van der Waals surface area contributed by atoms with Crippen LogP contribution in [0.25, 0.3) is 5.69 Å². The molecule has 0 radical (unpaired) electrons. The van der Waals surface area contributed by atoms with Gasteiger partial charge in [0.1, 0.15) is 11.4 Å². The third-order valence-electron chi connectivity index (χ3n) is 3.65. The predicted molar refractivity (Wildman–Crippen MR) is 98.0 cm³/mol. The lowest BCUT2D eigenvalue weighted by Crippen LogP contribution is -2.18. The van der Waals surface area contributed by atoms with E-state index < -0.39 is 29.2 Å². The Hall–Kier alpha value is -2.91. The van der Waals surface area contributed by atoms with Crippen molar-refractivity contribution >= 4 is 35.4 Å². The molecule has 0 spiro atoms. The summed E-state index contributed by atoms with van der Waals surface area (Å²) in [6.07, 6.45) is -3.44. The summed E-state index contributed by atoms with van der Waals surface area (Å²) in [5, 5.41) is 7.15. The van der Waals surface area contributed by atoms with Gasteiger partial charge < -0.3 is 4.84 Å². The highest BCUT2D eigenvalue weighted by Crippen LogP contribution is 2.34. The predicted octanol–water partition coefficient (Wildman–Crippen LogP) is 5.53. The monoisotopic (exact) mass is 445 g/mol. The minimum atomic E-state index is -4.93. The Labute approximate surface area is 171 Å². The summed E-state index contributed by atoms with van der Waals surface area (Å²) in [7, 11) is 0. The molecule has 3 rings (SSSR count).